The number of rotatable bonds is 2. The number of carbonyl (C=O) groups is 2. The lowest BCUT2D eigenvalue weighted by Crippen LogP contribution is -2.43. The molecule has 22 heavy (non-hydrogen) atoms. The molecule has 2 aliphatic carbocycles. The molecule has 2 atom stereocenters. The third kappa shape index (κ3) is 2.05. The van der Waals surface area contributed by atoms with E-state index in [0.29, 0.717) is 12.8 Å². The molecule has 0 aliphatic heterocycles. The first-order valence-electron chi connectivity index (χ1n) is 7.49. The van der Waals surface area contributed by atoms with Crippen molar-refractivity contribution >= 4 is 11.8 Å². The quantitative estimate of drug-likeness (QED) is 0.788. The highest BCUT2D eigenvalue weighted by Gasteiger charge is 2.51. The fraction of sp³-hybridized carbons (Fsp3) is 0.444. The van der Waals surface area contributed by atoms with Crippen LogP contribution in [0.1, 0.15) is 35.4 Å². The van der Waals surface area contributed by atoms with Crippen molar-refractivity contribution in [1.29, 1.82) is 0 Å². The first-order chi connectivity index (χ1) is 10.5. The van der Waals surface area contributed by atoms with Gasteiger partial charge in [0.25, 0.3) is 0 Å². The molecule has 0 saturated carbocycles. The molecule has 0 N–H and O–H groups in total. The molecule has 0 heterocycles. The Hall–Kier alpha value is -2.10. The van der Waals surface area contributed by atoms with Gasteiger partial charge in [0, 0.05) is 17.9 Å². The fourth-order valence-corrected chi connectivity index (χ4v) is 3.88. The van der Waals surface area contributed by atoms with E-state index in [4.69, 9.17) is 9.47 Å². The van der Waals surface area contributed by atoms with E-state index in [1.54, 1.807) is 13.2 Å². The molecular weight excluding hydrogens is 280 g/mol. The SMILES string of the molecule is COC(=O)[C@@]12C=CC(=O)C[C@@H]1c1c(cc(C)cc1OC)CC2. The lowest BCUT2D eigenvalue weighted by atomic mass is 9.60. The molecule has 116 valence electrons. The molecule has 0 aromatic heterocycles. The van der Waals surface area contributed by atoms with E-state index >= 15 is 0 Å². The summed E-state index contributed by atoms with van der Waals surface area (Å²) < 4.78 is 10.6. The van der Waals surface area contributed by atoms with Gasteiger partial charge in [0.2, 0.25) is 0 Å². The third-order valence-corrected chi connectivity index (χ3v) is 4.91. The Morgan fingerprint density at radius 1 is 1.32 bits per heavy atom. The number of esters is 1. The molecule has 0 radical (unpaired) electrons. The Morgan fingerprint density at radius 2 is 2.09 bits per heavy atom. The van der Waals surface area contributed by atoms with Crippen molar-refractivity contribution in [3.8, 4) is 5.75 Å². The molecule has 4 nitrogen and oxygen atoms in total. The number of methoxy groups -OCH3 is 2. The highest BCUT2D eigenvalue weighted by molar-refractivity contribution is 5.95. The van der Waals surface area contributed by atoms with Gasteiger partial charge in [0.15, 0.2) is 5.78 Å². The van der Waals surface area contributed by atoms with Gasteiger partial charge in [-0.2, -0.15) is 0 Å². The normalized spacial score (nSPS) is 26.1. The van der Waals surface area contributed by atoms with Gasteiger partial charge in [-0.25, -0.2) is 0 Å². The maximum absolute atomic E-state index is 12.5. The highest BCUT2D eigenvalue weighted by Crippen LogP contribution is 2.54. The maximum atomic E-state index is 12.5. The second-order valence-electron chi connectivity index (χ2n) is 6.13. The molecule has 0 fully saturated rings. The van der Waals surface area contributed by atoms with Crippen LogP contribution in [0.3, 0.4) is 0 Å². The number of fused-ring (bicyclic) bond motifs is 3. The predicted octanol–water partition coefficient (Wildman–Crippen LogP) is 2.72. The summed E-state index contributed by atoms with van der Waals surface area (Å²) in [6.45, 7) is 2.02. The zero-order chi connectivity index (χ0) is 15.9. The van der Waals surface area contributed by atoms with Crippen molar-refractivity contribution in [3.63, 3.8) is 0 Å². The molecule has 0 unspecified atom stereocenters. The number of hydrogen-bond acceptors (Lipinski definition) is 4. The molecule has 4 heteroatoms. The molecule has 0 amide bonds. The number of carbonyl (C=O) groups excluding carboxylic acids is 2. The Morgan fingerprint density at radius 3 is 2.77 bits per heavy atom. The molecule has 1 aromatic carbocycles. The largest absolute Gasteiger partial charge is 0.496 e. The van der Waals surface area contributed by atoms with Crippen molar-refractivity contribution in [2.75, 3.05) is 14.2 Å². The summed E-state index contributed by atoms with van der Waals surface area (Å²) in [4.78, 5) is 24.4. The van der Waals surface area contributed by atoms with Crippen LogP contribution < -0.4 is 4.74 Å². The zero-order valence-corrected chi connectivity index (χ0v) is 13.1. The Kier molecular flexibility index (Phi) is 3.55. The Balaban J connectivity index is 2.22. The fourth-order valence-electron chi connectivity index (χ4n) is 3.88. The van der Waals surface area contributed by atoms with Crippen LogP contribution in [0.5, 0.6) is 5.75 Å². The van der Waals surface area contributed by atoms with Crippen molar-refractivity contribution in [2.24, 2.45) is 5.41 Å². The Bertz CT molecular complexity index is 657. The molecular formula is C18H20O4. The van der Waals surface area contributed by atoms with Gasteiger partial charge in [-0.05, 0) is 43.0 Å². The number of aryl methyl sites for hydroxylation is 2. The van der Waals surface area contributed by atoms with Crippen molar-refractivity contribution in [1.82, 2.24) is 0 Å². The van der Waals surface area contributed by atoms with Crippen LogP contribution >= 0.6 is 0 Å². The van der Waals surface area contributed by atoms with E-state index in [2.05, 4.69) is 6.07 Å². The molecule has 2 aliphatic rings. The van der Waals surface area contributed by atoms with E-state index in [-0.39, 0.29) is 17.7 Å². The van der Waals surface area contributed by atoms with Crippen LogP contribution in [0.15, 0.2) is 24.3 Å². The highest BCUT2D eigenvalue weighted by atomic mass is 16.5. The first-order valence-corrected chi connectivity index (χ1v) is 7.49. The number of allylic oxidation sites excluding steroid dienone is 1. The molecule has 0 saturated heterocycles. The topological polar surface area (TPSA) is 52.6 Å². The lowest BCUT2D eigenvalue weighted by Gasteiger charge is -2.43. The van der Waals surface area contributed by atoms with E-state index in [1.165, 1.54) is 18.7 Å². The second-order valence-corrected chi connectivity index (χ2v) is 6.13. The predicted molar refractivity (Wildman–Crippen MR) is 82.0 cm³/mol. The van der Waals surface area contributed by atoms with Gasteiger partial charge in [-0.1, -0.05) is 12.1 Å². The average molecular weight is 300 g/mol. The molecule has 0 bridgehead atoms. The summed E-state index contributed by atoms with van der Waals surface area (Å²) >= 11 is 0. The first kappa shape index (κ1) is 14.8. The minimum atomic E-state index is -0.752. The van der Waals surface area contributed by atoms with Gasteiger partial charge in [0.1, 0.15) is 5.75 Å². The molecule has 3 rings (SSSR count). The Labute approximate surface area is 130 Å². The van der Waals surface area contributed by atoms with Crippen molar-refractivity contribution in [3.05, 3.63) is 41.0 Å². The third-order valence-electron chi connectivity index (χ3n) is 4.91. The van der Waals surface area contributed by atoms with Gasteiger partial charge >= 0.3 is 5.97 Å². The van der Waals surface area contributed by atoms with Crippen LogP contribution in [0.4, 0.5) is 0 Å². The zero-order valence-electron chi connectivity index (χ0n) is 13.1. The standard InChI is InChI=1S/C18H20O4/c1-11-8-12-4-6-18(17(20)22-3)7-5-13(19)10-14(18)16(12)15(9-11)21-2/h5,7-9,14H,4,6,10H2,1-3H3/t14-,18+/m1/s1. The van der Waals surface area contributed by atoms with Crippen LogP contribution in [0, 0.1) is 12.3 Å². The average Bonchev–Trinajstić information content (AvgIpc) is 2.52. The minimum Gasteiger partial charge on any atom is -0.496 e. The number of ketones is 1. The lowest BCUT2D eigenvalue weighted by molar-refractivity contribution is -0.152. The van der Waals surface area contributed by atoms with E-state index in [9.17, 15) is 9.59 Å². The minimum absolute atomic E-state index is 0.0417. The van der Waals surface area contributed by atoms with Crippen molar-refractivity contribution < 1.29 is 19.1 Å². The van der Waals surface area contributed by atoms with E-state index in [0.717, 1.165) is 23.3 Å². The monoisotopic (exact) mass is 300 g/mol. The van der Waals surface area contributed by atoms with Crippen LogP contribution in [0.25, 0.3) is 0 Å². The van der Waals surface area contributed by atoms with E-state index in [1.807, 2.05) is 13.0 Å². The van der Waals surface area contributed by atoms with Crippen LogP contribution in [-0.4, -0.2) is 26.0 Å². The van der Waals surface area contributed by atoms with E-state index < -0.39 is 5.41 Å². The summed E-state index contributed by atoms with van der Waals surface area (Å²) in [5.74, 6) is 0.322. The molecule has 0 spiro atoms. The van der Waals surface area contributed by atoms with Crippen molar-refractivity contribution in [2.45, 2.75) is 32.1 Å². The smallest absolute Gasteiger partial charge is 0.316 e. The summed E-state index contributed by atoms with van der Waals surface area (Å²) in [7, 11) is 3.03. The van der Waals surface area contributed by atoms with Gasteiger partial charge in [-0.15, -0.1) is 0 Å². The number of benzene rings is 1. The summed E-state index contributed by atoms with van der Waals surface area (Å²) in [6.07, 6.45) is 5.03. The van der Waals surface area contributed by atoms with Gasteiger partial charge in [-0.3, -0.25) is 9.59 Å². The van der Waals surface area contributed by atoms with Crippen LogP contribution in [0.2, 0.25) is 0 Å². The molecule has 1 aromatic rings. The summed E-state index contributed by atoms with van der Waals surface area (Å²) in [6, 6.07) is 4.09. The van der Waals surface area contributed by atoms with Gasteiger partial charge < -0.3 is 9.47 Å². The summed E-state index contributed by atoms with van der Waals surface area (Å²) in [5.41, 5.74) is 2.53. The number of hydrogen-bond donors (Lipinski definition) is 0. The summed E-state index contributed by atoms with van der Waals surface area (Å²) in [5, 5.41) is 0. The van der Waals surface area contributed by atoms with Crippen LogP contribution in [-0.2, 0) is 20.7 Å². The maximum Gasteiger partial charge on any atom is 0.316 e. The second kappa shape index (κ2) is 5.27. The van der Waals surface area contributed by atoms with Gasteiger partial charge in [0.05, 0.1) is 19.6 Å². The number of ether oxygens (including phenoxy) is 2.